The summed E-state index contributed by atoms with van der Waals surface area (Å²) in [5.74, 6) is 0.494. The average Bonchev–Trinajstić information content (AvgIpc) is 2.27. The van der Waals surface area contributed by atoms with Crippen LogP contribution < -0.4 is 15.4 Å². The fourth-order valence-corrected chi connectivity index (χ4v) is 1.91. The number of nitrogens with zero attached hydrogens (tertiary/aromatic N) is 1. The molecule has 0 amide bonds. The van der Waals surface area contributed by atoms with Crippen LogP contribution in [0.4, 0.5) is 11.4 Å². The van der Waals surface area contributed by atoms with Gasteiger partial charge in [0.2, 0.25) is 0 Å². The van der Waals surface area contributed by atoms with Gasteiger partial charge < -0.3 is 20.1 Å². The van der Waals surface area contributed by atoms with Crippen molar-refractivity contribution >= 4 is 17.3 Å². The number of rotatable bonds is 3. The molecule has 0 bridgehead atoms. The Kier molecular flexibility index (Phi) is 3.60. The van der Waals surface area contributed by atoms with Crippen molar-refractivity contribution in [3.63, 3.8) is 0 Å². The maximum absolute atomic E-state index is 11.7. The van der Waals surface area contributed by atoms with E-state index in [0.717, 1.165) is 11.4 Å². The van der Waals surface area contributed by atoms with Crippen LogP contribution in [0, 0.1) is 0 Å². The Morgan fingerprint density at radius 3 is 3.06 bits per heavy atom. The SMILES string of the molecule is CC(C)OC(=O)CN1CCOc2cc(N)ccc21. The van der Waals surface area contributed by atoms with Crippen molar-refractivity contribution in [2.24, 2.45) is 0 Å². The Hall–Kier alpha value is -1.91. The summed E-state index contributed by atoms with van der Waals surface area (Å²) in [5.41, 5.74) is 7.24. The second-order valence-corrected chi connectivity index (χ2v) is 4.54. The first-order valence-electron chi connectivity index (χ1n) is 6.03. The van der Waals surface area contributed by atoms with Gasteiger partial charge in [0.05, 0.1) is 18.3 Å². The average molecular weight is 250 g/mol. The van der Waals surface area contributed by atoms with Crippen molar-refractivity contribution in [3.05, 3.63) is 18.2 Å². The van der Waals surface area contributed by atoms with Crippen LogP contribution in [0.5, 0.6) is 5.75 Å². The Morgan fingerprint density at radius 2 is 2.33 bits per heavy atom. The number of nitrogens with two attached hydrogens (primary N) is 1. The molecule has 5 heteroatoms. The number of anilines is 2. The summed E-state index contributed by atoms with van der Waals surface area (Å²) in [7, 11) is 0. The lowest BCUT2D eigenvalue weighted by Crippen LogP contribution is -2.38. The van der Waals surface area contributed by atoms with Gasteiger partial charge in [-0.05, 0) is 26.0 Å². The third-order valence-electron chi connectivity index (χ3n) is 2.63. The molecule has 0 radical (unpaired) electrons. The van der Waals surface area contributed by atoms with Crippen LogP contribution in [0.15, 0.2) is 18.2 Å². The number of hydrogen-bond acceptors (Lipinski definition) is 5. The molecule has 1 heterocycles. The number of ether oxygens (including phenoxy) is 2. The monoisotopic (exact) mass is 250 g/mol. The normalized spacial score (nSPS) is 14.1. The predicted octanol–water partition coefficient (Wildman–Crippen LogP) is 1.42. The fourth-order valence-electron chi connectivity index (χ4n) is 1.91. The molecule has 0 saturated carbocycles. The smallest absolute Gasteiger partial charge is 0.325 e. The molecule has 18 heavy (non-hydrogen) atoms. The lowest BCUT2D eigenvalue weighted by molar-refractivity contribution is -0.145. The zero-order chi connectivity index (χ0) is 13.1. The number of carbonyl (C=O) groups is 1. The molecule has 5 nitrogen and oxygen atoms in total. The van der Waals surface area contributed by atoms with Crippen LogP contribution in [0.2, 0.25) is 0 Å². The van der Waals surface area contributed by atoms with Crippen molar-refractivity contribution in [2.45, 2.75) is 20.0 Å². The molecule has 0 aromatic heterocycles. The van der Waals surface area contributed by atoms with Crippen molar-refractivity contribution in [2.75, 3.05) is 30.3 Å². The maximum atomic E-state index is 11.7. The third kappa shape index (κ3) is 2.85. The summed E-state index contributed by atoms with van der Waals surface area (Å²) >= 11 is 0. The highest BCUT2D eigenvalue weighted by Gasteiger charge is 2.21. The molecule has 2 rings (SSSR count). The van der Waals surface area contributed by atoms with Gasteiger partial charge in [0.15, 0.2) is 0 Å². The van der Waals surface area contributed by atoms with Crippen LogP contribution in [0.1, 0.15) is 13.8 Å². The summed E-state index contributed by atoms with van der Waals surface area (Å²) in [6.07, 6.45) is -0.0931. The summed E-state index contributed by atoms with van der Waals surface area (Å²) in [5, 5.41) is 0. The van der Waals surface area contributed by atoms with Crippen LogP contribution in [0.3, 0.4) is 0 Å². The molecule has 1 aliphatic rings. The van der Waals surface area contributed by atoms with Gasteiger partial charge in [-0.25, -0.2) is 0 Å². The first-order chi connectivity index (χ1) is 8.56. The minimum Gasteiger partial charge on any atom is -0.489 e. The van der Waals surface area contributed by atoms with Crippen molar-refractivity contribution in [3.8, 4) is 5.75 Å². The molecule has 98 valence electrons. The summed E-state index contributed by atoms with van der Waals surface area (Å²) in [6, 6.07) is 5.44. The number of benzene rings is 1. The molecular formula is C13H18N2O3. The zero-order valence-electron chi connectivity index (χ0n) is 10.7. The molecule has 2 N–H and O–H groups in total. The van der Waals surface area contributed by atoms with E-state index in [9.17, 15) is 4.79 Å². The van der Waals surface area contributed by atoms with E-state index < -0.39 is 0 Å². The molecule has 0 spiro atoms. The van der Waals surface area contributed by atoms with Gasteiger partial charge in [0, 0.05) is 11.8 Å². The zero-order valence-corrected chi connectivity index (χ0v) is 10.7. The van der Waals surface area contributed by atoms with E-state index in [1.54, 1.807) is 12.1 Å². The first kappa shape index (κ1) is 12.5. The molecule has 0 aliphatic carbocycles. The van der Waals surface area contributed by atoms with E-state index in [1.165, 1.54) is 0 Å². The summed E-state index contributed by atoms with van der Waals surface area (Å²) in [6.45, 7) is 5.13. The van der Waals surface area contributed by atoms with Gasteiger partial charge >= 0.3 is 5.97 Å². The lowest BCUT2D eigenvalue weighted by Gasteiger charge is -2.30. The predicted molar refractivity (Wildman–Crippen MR) is 69.8 cm³/mol. The van der Waals surface area contributed by atoms with Crippen LogP contribution in [-0.4, -0.2) is 31.8 Å². The van der Waals surface area contributed by atoms with Crippen LogP contribution >= 0.6 is 0 Å². The summed E-state index contributed by atoms with van der Waals surface area (Å²) in [4.78, 5) is 13.6. The first-order valence-corrected chi connectivity index (χ1v) is 6.03. The van der Waals surface area contributed by atoms with Crippen molar-refractivity contribution in [1.29, 1.82) is 0 Å². The second-order valence-electron chi connectivity index (χ2n) is 4.54. The standard InChI is InChI=1S/C13H18N2O3/c1-9(2)18-13(16)8-15-5-6-17-12-7-10(14)3-4-11(12)15/h3-4,7,9H,5-6,8,14H2,1-2H3. The quantitative estimate of drug-likeness (QED) is 0.649. The highest BCUT2D eigenvalue weighted by atomic mass is 16.5. The Bertz CT molecular complexity index is 446. The molecule has 0 saturated heterocycles. The van der Waals surface area contributed by atoms with E-state index in [1.807, 2.05) is 24.8 Å². The number of nitrogen functional groups attached to an aromatic ring is 1. The van der Waals surface area contributed by atoms with Gasteiger partial charge in [-0.3, -0.25) is 4.79 Å². The Balaban J connectivity index is 2.10. The van der Waals surface area contributed by atoms with E-state index >= 15 is 0 Å². The van der Waals surface area contributed by atoms with Crippen molar-refractivity contribution < 1.29 is 14.3 Å². The van der Waals surface area contributed by atoms with Crippen molar-refractivity contribution in [1.82, 2.24) is 0 Å². The van der Waals surface area contributed by atoms with E-state index in [0.29, 0.717) is 18.8 Å². The number of esters is 1. The molecule has 0 atom stereocenters. The Labute approximate surface area is 106 Å². The maximum Gasteiger partial charge on any atom is 0.325 e. The third-order valence-corrected chi connectivity index (χ3v) is 2.63. The largest absolute Gasteiger partial charge is 0.489 e. The molecule has 1 aromatic rings. The van der Waals surface area contributed by atoms with E-state index in [2.05, 4.69) is 0 Å². The van der Waals surface area contributed by atoms with E-state index in [-0.39, 0.29) is 18.6 Å². The minimum atomic E-state index is -0.227. The van der Waals surface area contributed by atoms with Gasteiger partial charge in [-0.1, -0.05) is 0 Å². The Morgan fingerprint density at radius 1 is 1.56 bits per heavy atom. The minimum absolute atomic E-state index is 0.0931. The molecule has 0 unspecified atom stereocenters. The molecule has 1 aromatic carbocycles. The summed E-state index contributed by atoms with van der Waals surface area (Å²) < 4.78 is 10.7. The van der Waals surface area contributed by atoms with Crippen LogP contribution in [-0.2, 0) is 9.53 Å². The van der Waals surface area contributed by atoms with Crippen LogP contribution in [0.25, 0.3) is 0 Å². The molecular weight excluding hydrogens is 232 g/mol. The highest BCUT2D eigenvalue weighted by Crippen LogP contribution is 2.33. The lowest BCUT2D eigenvalue weighted by atomic mass is 10.2. The van der Waals surface area contributed by atoms with Gasteiger partial charge in [0.25, 0.3) is 0 Å². The van der Waals surface area contributed by atoms with Gasteiger partial charge in [0.1, 0.15) is 18.9 Å². The fraction of sp³-hybridized carbons (Fsp3) is 0.462. The molecule has 1 aliphatic heterocycles. The number of fused-ring (bicyclic) bond motifs is 1. The molecule has 0 fully saturated rings. The van der Waals surface area contributed by atoms with Gasteiger partial charge in [-0.15, -0.1) is 0 Å². The highest BCUT2D eigenvalue weighted by molar-refractivity contribution is 5.78. The number of hydrogen-bond donors (Lipinski definition) is 1. The second kappa shape index (κ2) is 5.16. The van der Waals surface area contributed by atoms with Gasteiger partial charge in [-0.2, -0.15) is 0 Å². The number of carbonyl (C=O) groups excluding carboxylic acids is 1. The van der Waals surface area contributed by atoms with E-state index in [4.69, 9.17) is 15.2 Å². The topological polar surface area (TPSA) is 64.8 Å².